The van der Waals surface area contributed by atoms with Gasteiger partial charge >= 0.3 is 5.97 Å². The number of aromatic nitrogens is 1. The molecule has 1 aliphatic rings. The van der Waals surface area contributed by atoms with E-state index in [1.807, 2.05) is 38.1 Å². The maximum atomic E-state index is 13.1. The Morgan fingerprint density at radius 1 is 1.23 bits per heavy atom. The topological polar surface area (TPSA) is 77.8 Å². The molecule has 3 rings (SSSR count). The van der Waals surface area contributed by atoms with Gasteiger partial charge in [-0.3, -0.25) is 14.2 Å². The van der Waals surface area contributed by atoms with E-state index < -0.39 is 5.97 Å². The van der Waals surface area contributed by atoms with Gasteiger partial charge < -0.3 is 14.4 Å². The van der Waals surface area contributed by atoms with Crippen molar-refractivity contribution in [2.24, 2.45) is 0 Å². The lowest BCUT2D eigenvalue weighted by Gasteiger charge is -2.26. The van der Waals surface area contributed by atoms with E-state index in [9.17, 15) is 14.4 Å². The van der Waals surface area contributed by atoms with E-state index in [0.29, 0.717) is 35.5 Å². The third-order valence-corrected chi connectivity index (χ3v) is 5.90. The molecule has 0 aliphatic carbocycles. The first kappa shape index (κ1) is 22.0. The summed E-state index contributed by atoms with van der Waals surface area (Å²) < 4.78 is 12.5. The summed E-state index contributed by atoms with van der Waals surface area (Å²) >= 11 is 1.18. The van der Waals surface area contributed by atoms with E-state index >= 15 is 0 Å². The average Bonchev–Trinajstić information content (AvgIpc) is 3.00. The Labute approximate surface area is 178 Å². The second kappa shape index (κ2) is 9.86. The number of ether oxygens (including phenoxy) is 2. The summed E-state index contributed by atoms with van der Waals surface area (Å²) in [5.74, 6) is -0.709. The Hall–Kier alpha value is -2.71. The fraction of sp³-hybridized carbons (Fsp3) is 0.409. The minimum absolute atomic E-state index is 0.124. The first-order valence-electron chi connectivity index (χ1n) is 9.91. The number of esters is 1. The van der Waals surface area contributed by atoms with Crippen LogP contribution in [0.3, 0.4) is 0 Å². The van der Waals surface area contributed by atoms with Gasteiger partial charge in [0, 0.05) is 13.1 Å². The minimum atomic E-state index is -0.537. The van der Waals surface area contributed by atoms with Crippen molar-refractivity contribution >= 4 is 35.4 Å². The van der Waals surface area contributed by atoms with Gasteiger partial charge in [0.2, 0.25) is 5.91 Å². The van der Waals surface area contributed by atoms with Gasteiger partial charge in [-0.2, -0.15) is 0 Å². The molecule has 160 valence electrons. The third-order valence-electron chi connectivity index (χ3n) is 4.84. The third kappa shape index (κ3) is 5.25. The van der Waals surface area contributed by atoms with Gasteiger partial charge in [-0.15, -0.1) is 11.3 Å². The molecule has 2 heterocycles. The number of amides is 1. The lowest BCUT2D eigenvalue weighted by atomic mass is 10.1. The number of hydrogen-bond donors (Lipinski definition) is 0. The Morgan fingerprint density at radius 3 is 2.67 bits per heavy atom. The quantitative estimate of drug-likeness (QED) is 0.648. The molecule has 0 atom stereocenters. The van der Waals surface area contributed by atoms with Gasteiger partial charge in [-0.05, 0) is 38.0 Å². The number of aryl methyl sites for hydroxylation is 2. The Kier molecular flexibility index (Phi) is 7.23. The standard InChI is InChI=1S/C22H26N2O5S/c1-4-29-21(26)13-20-24(14-19(25)23-7-9-28-10-8-23)22(27)18(30-20)12-17-11-15(2)5-6-16(17)3/h5-6,11-13H,4,7-10,14H2,1-3H3/b18-12-,20-13-. The molecule has 1 amide bonds. The van der Waals surface area contributed by atoms with E-state index in [1.54, 1.807) is 11.8 Å². The van der Waals surface area contributed by atoms with Crippen LogP contribution in [0.4, 0.5) is 0 Å². The molecule has 2 aromatic rings. The molecule has 1 aliphatic heterocycles. The summed E-state index contributed by atoms with van der Waals surface area (Å²) in [7, 11) is 0. The zero-order valence-corrected chi connectivity index (χ0v) is 18.3. The fourth-order valence-corrected chi connectivity index (χ4v) is 4.20. The van der Waals surface area contributed by atoms with E-state index in [-0.39, 0.29) is 24.6 Å². The minimum Gasteiger partial charge on any atom is -0.463 e. The van der Waals surface area contributed by atoms with Gasteiger partial charge in [0.15, 0.2) is 0 Å². The molecule has 0 unspecified atom stereocenters. The summed E-state index contributed by atoms with van der Waals surface area (Å²) in [4.78, 5) is 39.5. The van der Waals surface area contributed by atoms with Crippen molar-refractivity contribution in [2.45, 2.75) is 27.3 Å². The second-order valence-electron chi connectivity index (χ2n) is 7.09. The number of morpholine rings is 1. The van der Waals surface area contributed by atoms with Gasteiger partial charge in [-0.25, -0.2) is 4.79 Å². The van der Waals surface area contributed by atoms with Crippen LogP contribution in [0.25, 0.3) is 12.2 Å². The molecule has 0 bridgehead atoms. The maximum Gasteiger partial charge on any atom is 0.333 e. The molecule has 1 fully saturated rings. The Bertz CT molecular complexity index is 1110. The highest BCUT2D eigenvalue weighted by molar-refractivity contribution is 7.07. The highest BCUT2D eigenvalue weighted by atomic mass is 32.1. The molecule has 1 aromatic carbocycles. The first-order chi connectivity index (χ1) is 14.4. The monoisotopic (exact) mass is 430 g/mol. The van der Waals surface area contributed by atoms with Gasteiger partial charge in [0.05, 0.1) is 30.4 Å². The van der Waals surface area contributed by atoms with Crippen molar-refractivity contribution in [3.05, 3.63) is 54.4 Å². The number of benzene rings is 1. The predicted octanol–water partition coefficient (Wildman–Crippen LogP) is 0.558. The second-order valence-corrected chi connectivity index (χ2v) is 8.15. The van der Waals surface area contributed by atoms with Crippen molar-refractivity contribution in [3.63, 3.8) is 0 Å². The smallest absolute Gasteiger partial charge is 0.333 e. The van der Waals surface area contributed by atoms with E-state index in [0.717, 1.165) is 16.7 Å². The van der Waals surface area contributed by atoms with Crippen LogP contribution in [0.1, 0.15) is 23.6 Å². The Morgan fingerprint density at radius 2 is 1.97 bits per heavy atom. The van der Waals surface area contributed by atoms with Crippen molar-refractivity contribution in [1.29, 1.82) is 0 Å². The molecule has 0 radical (unpaired) electrons. The van der Waals surface area contributed by atoms with Crippen molar-refractivity contribution in [3.8, 4) is 0 Å². The maximum absolute atomic E-state index is 13.1. The number of carbonyl (C=O) groups is 2. The van der Waals surface area contributed by atoms with Crippen molar-refractivity contribution in [1.82, 2.24) is 9.47 Å². The number of carbonyl (C=O) groups excluding carboxylic acids is 2. The van der Waals surface area contributed by atoms with Crippen molar-refractivity contribution in [2.75, 3.05) is 32.9 Å². The van der Waals surface area contributed by atoms with Gasteiger partial charge in [-0.1, -0.05) is 23.8 Å². The SMILES string of the molecule is CCOC(=O)/C=c1\s/c(=C\c2cc(C)ccc2C)c(=O)n1CC(=O)N1CCOCC1. The predicted molar refractivity (Wildman–Crippen MR) is 116 cm³/mol. The molecular formula is C22H26N2O5S. The van der Waals surface area contributed by atoms with Crippen LogP contribution in [-0.4, -0.2) is 54.3 Å². The van der Waals surface area contributed by atoms with E-state index in [2.05, 4.69) is 0 Å². The molecule has 0 N–H and O–H groups in total. The molecule has 0 saturated carbocycles. The summed E-state index contributed by atoms with van der Waals surface area (Å²) in [6.45, 7) is 7.76. The van der Waals surface area contributed by atoms with Gasteiger partial charge in [0.1, 0.15) is 11.2 Å². The van der Waals surface area contributed by atoms with Crippen molar-refractivity contribution < 1.29 is 19.1 Å². The Balaban J connectivity index is 2.06. The molecule has 7 nitrogen and oxygen atoms in total. The molecule has 8 heteroatoms. The largest absolute Gasteiger partial charge is 0.463 e. The zero-order chi connectivity index (χ0) is 21.7. The van der Waals surface area contributed by atoms with Gasteiger partial charge in [0.25, 0.3) is 5.56 Å². The average molecular weight is 431 g/mol. The molecule has 0 spiro atoms. The highest BCUT2D eigenvalue weighted by Gasteiger charge is 2.19. The van der Waals surface area contributed by atoms with Crippen LogP contribution < -0.4 is 14.8 Å². The normalized spacial score (nSPS) is 15.5. The number of thiazole rings is 1. The molecular weight excluding hydrogens is 404 g/mol. The van der Waals surface area contributed by atoms with E-state index in [1.165, 1.54) is 22.0 Å². The summed E-state index contributed by atoms with van der Waals surface area (Å²) in [6.07, 6.45) is 3.09. The number of nitrogens with zero attached hydrogens (tertiary/aromatic N) is 2. The van der Waals surface area contributed by atoms with Crippen LogP contribution in [0.5, 0.6) is 0 Å². The first-order valence-corrected chi connectivity index (χ1v) is 10.7. The highest BCUT2D eigenvalue weighted by Crippen LogP contribution is 2.11. The lowest BCUT2D eigenvalue weighted by molar-refractivity contribution is -0.136. The van der Waals surface area contributed by atoms with Crippen LogP contribution in [0.2, 0.25) is 0 Å². The molecule has 1 saturated heterocycles. The molecule has 1 aromatic heterocycles. The molecule has 30 heavy (non-hydrogen) atoms. The van der Waals surface area contributed by atoms with Crippen LogP contribution in [-0.2, 0) is 25.6 Å². The lowest BCUT2D eigenvalue weighted by Crippen LogP contribution is -2.45. The zero-order valence-electron chi connectivity index (χ0n) is 17.5. The van der Waals surface area contributed by atoms with Crippen LogP contribution in [0, 0.1) is 13.8 Å². The van der Waals surface area contributed by atoms with Crippen LogP contribution in [0.15, 0.2) is 23.0 Å². The summed E-state index contributed by atoms with van der Waals surface area (Å²) in [5, 5.41) is 0. The fourth-order valence-electron chi connectivity index (χ4n) is 3.18. The van der Waals surface area contributed by atoms with Crippen LogP contribution >= 0.6 is 11.3 Å². The van der Waals surface area contributed by atoms with E-state index in [4.69, 9.17) is 9.47 Å². The summed E-state index contributed by atoms with van der Waals surface area (Å²) in [5.41, 5.74) is 2.77. The summed E-state index contributed by atoms with van der Waals surface area (Å²) in [6, 6.07) is 6.02. The number of hydrogen-bond acceptors (Lipinski definition) is 6. The number of rotatable bonds is 5.